The molecule has 0 fully saturated rings. The van der Waals surface area contributed by atoms with Crippen LogP contribution in [0.3, 0.4) is 0 Å². The minimum Gasteiger partial charge on any atom is -0.495 e. The number of benzene rings is 1. The number of methoxy groups -OCH3 is 1. The standard InChI is InChI=1S/C10H13NO5S/c1-7-3-4-8(9(5-7)16-2)11-17(14,15)6-10(12)13/h3-5,11H,6H2,1-2H3,(H,12,13). The highest BCUT2D eigenvalue weighted by molar-refractivity contribution is 7.93. The molecule has 0 heterocycles. The number of carboxylic acids is 1. The van der Waals surface area contributed by atoms with Gasteiger partial charge in [-0.3, -0.25) is 9.52 Å². The van der Waals surface area contributed by atoms with E-state index < -0.39 is 21.7 Å². The van der Waals surface area contributed by atoms with E-state index in [1.807, 2.05) is 6.92 Å². The number of anilines is 1. The van der Waals surface area contributed by atoms with E-state index in [1.54, 1.807) is 12.1 Å². The fourth-order valence-electron chi connectivity index (χ4n) is 1.25. The Labute approximate surface area is 99.3 Å². The van der Waals surface area contributed by atoms with Gasteiger partial charge < -0.3 is 9.84 Å². The molecule has 0 saturated heterocycles. The molecule has 0 bridgehead atoms. The van der Waals surface area contributed by atoms with Gasteiger partial charge in [0, 0.05) is 0 Å². The lowest BCUT2D eigenvalue weighted by molar-refractivity contribution is -0.134. The second-order valence-corrected chi connectivity index (χ2v) is 5.18. The molecule has 0 aliphatic carbocycles. The van der Waals surface area contributed by atoms with E-state index in [-0.39, 0.29) is 5.69 Å². The van der Waals surface area contributed by atoms with Crippen LogP contribution in [0.1, 0.15) is 5.56 Å². The van der Waals surface area contributed by atoms with Crippen LogP contribution < -0.4 is 9.46 Å². The molecular formula is C10H13NO5S. The van der Waals surface area contributed by atoms with Gasteiger partial charge >= 0.3 is 5.97 Å². The van der Waals surface area contributed by atoms with E-state index in [0.29, 0.717) is 5.75 Å². The molecule has 0 unspecified atom stereocenters. The molecule has 0 radical (unpaired) electrons. The van der Waals surface area contributed by atoms with Gasteiger partial charge in [0.05, 0.1) is 12.8 Å². The summed E-state index contributed by atoms with van der Waals surface area (Å²) in [4.78, 5) is 10.4. The Morgan fingerprint density at radius 3 is 2.65 bits per heavy atom. The van der Waals surface area contributed by atoms with Crippen LogP contribution in [-0.2, 0) is 14.8 Å². The first kappa shape index (κ1) is 13.3. The van der Waals surface area contributed by atoms with Crippen molar-refractivity contribution in [3.8, 4) is 5.75 Å². The van der Waals surface area contributed by atoms with Crippen molar-refractivity contribution in [3.63, 3.8) is 0 Å². The van der Waals surface area contributed by atoms with Gasteiger partial charge in [-0.2, -0.15) is 0 Å². The molecule has 0 aliphatic rings. The van der Waals surface area contributed by atoms with Crippen LogP contribution in [0.4, 0.5) is 5.69 Å². The number of carboxylic acid groups (broad SMARTS) is 1. The van der Waals surface area contributed by atoms with Gasteiger partial charge in [-0.15, -0.1) is 0 Å². The van der Waals surface area contributed by atoms with Crippen molar-refractivity contribution in [2.24, 2.45) is 0 Å². The number of sulfonamides is 1. The average molecular weight is 259 g/mol. The highest BCUT2D eigenvalue weighted by Gasteiger charge is 2.17. The Hall–Kier alpha value is -1.76. The largest absolute Gasteiger partial charge is 0.495 e. The second-order valence-electron chi connectivity index (χ2n) is 3.46. The van der Waals surface area contributed by atoms with Crippen molar-refractivity contribution < 1.29 is 23.1 Å². The van der Waals surface area contributed by atoms with Crippen LogP contribution in [0.15, 0.2) is 18.2 Å². The summed E-state index contributed by atoms with van der Waals surface area (Å²) >= 11 is 0. The molecule has 94 valence electrons. The molecule has 0 spiro atoms. The van der Waals surface area contributed by atoms with Crippen LogP contribution in [0.25, 0.3) is 0 Å². The molecule has 0 saturated carbocycles. The summed E-state index contributed by atoms with van der Waals surface area (Å²) in [5.74, 6) is -2.05. The number of carbonyl (C=O) groups is 1. The number of aryl methyl sites for hydroxylation is 1. The van der Waals surface area contributed by atoms with E-state index in [1.165, 1.54) is 13.2 Å². The Morgan fingerprint density at radius 1 is 1.47 bits per heavy atom. The summed E-state index contributed by atoms with van der Waals surface area (Å²) in [6, 6.07) is 4.87. The average Bonchev–Trinajstić information content (AvgIpc) is 2.18. The van der Waals surface area contributed by atoms with E-state index in [0.717, 1.165) is 5.56 Å². The van der Waals surface area contributed by atoms with E-state index in [9.17, 15) is 13.2 Å². The highest BCUT2D eigenvalue weighted by atomic mass is 32.2. The van der Waals surface area contributed by atoms with Crippen molar-refractivity contribution in [1.29, 1.82) is 0 Å². The zero-order valence-corrected chi connectivity index (χ0v) is 10.2. The number of hydrogen-bond donors (Lipinski definition) is 2. The third-order valence-electron chi connectivity index (χ3n) is 1.94. The number of rotatable bonds is 5. The topological polar surface area (TPSA) is 92.7 Å². The normalized spacial score (nSPS) is 10.9. The molecule has 1 rings (SSSR count). The maximum Gasteiger partial charge on any atom is 0.320 e. The van der Waals surface area contributed by atoms with Gasteiger partial charge in [0.2, 0.25) is 10.0 Å². The third-order valence-corrected chi connectivity index (χ3v) is 3.09. The Balaban J connectivity index is 2.99. The Kier molecular flexibility index (Phi) is 3.95. The summed E-state index contributed by atoms with van der Waals surface area (Å²) in [5.41, 5.74) is 1.13. The Morgan fingerprint density at radius 2 is 2.12 bits per heavy atom. The third kappa shape index (κ3) is 3.95. The second kappa shape index (κ2) is 5.05. The summed E-state index contributed by atoms with van der Waals surface area (Å²) in [7, 11) is -2.50. The smallest absolute Gasteiger partial charge is 0.320 e. The predicted octanol–water partition coefficient (Wildman–Crippen LogP) is 0.830. The van der Waals surface area contributed by atoms with Gasteiger partial charge in [0.25, 0.3) is 0 Å². The maximum atomic E-state index is 11.4. The lowest BCUT2D eigenvalue weighted by atomic mass is 10.2. The summed E-state index contributed by atoms with van der Waals surface area (Å²) < 4.78 is 30.0. The number of ether oxygens (including phenoxy) is 1. The zero-order valence-electron chi connectivity index (χ0n) is 9.43. The molecule has 1 aromatic carbocycles. The fraction of sp³-hybridized carbons (Fsp3) is 0.300. The van der Waals surface area contributed by atoms with Gasteiger partial charge in [0.15, 0.2) is 5.75 Å². The van der Waals surface area contributed by atoms with E-state index in [2.05, 4.69) is 4.72 Å². The van der Waals surface area contributed by atoms with Crippen LogP contribution >= 0.6 is 0 Å². The van der Waals surface area contributed by atoms with Gasteiger partial charge in [-0.1, -0.05) is 6.07 Å². The predicted molar refractivity (Wildman–Crippen MR) is 62.8 cm³/mol. The summed E-state index contributed by atoms with van der Waals surface area (Å²) in [6.07, 6.45) is 0. The van der Waals surface area contributed by atoms with Crippen molar-refractivity contribution in [1.82, 2.24) is 0 Å². The monoisotopic (exact) mass is 259 g/mol. The van der Waals surface area contributed by atoms with E-state index in [4.69, 9.17) is 9.84 Å². The summed E-state index contributed by atoms with van der Waals surface area (Å²) in [5, 5.41) is 8.45. The van der Waals surface area contributed by atoms with Crippen LogP contribution in [0.2, 0.25) is 0 Å². The van der Waals surface area contributed by atoms with Crippen molar-refractivity contribution >= 4 is 21.7 Å². The molecule has 0 atom stereocenters. The SMILES string of the molecule is COc1cc(C)ccc1NS(=O)(=O)CC(=O)O. The molecule has 1 aromatic rings. The fourth-order valence-corrected chi connectivity index (χ4v) is 2.15. The quantitative estimate of drug-likeness (QED) is 0.817. The molecule has 0 amide bonds. The van der Waals surface area contributed by atoms with Crippen LogP contribution in [0, 0.1) is 6.92 Å². The molecule has 6 nitrogen and oxygen atoms in total. The molecule has 0 aromatic heterocycles. The molecule has 0 aliphatic heterocycles. The van der Waals surface area contributed by atoms with Crippen LogP contribution in [0.5, 0.6) is 5.75 Å². The molecular weight excluding hydrogens is 246 g/mol. The first-order valence-corrected chi connectivity index (χ1v) is 6.36. The molecule has 2 N–H and O–H groups in total. The van der Waals surface area contributed by atoms with Gasteiger partial charge in [-0.25, -0.2) is 8.42 Å². The van der Waals surface area contributed by atoms with Crippen molar-refractivity contribution in [2.75, 3.05) is 17.6 Å². The first-order valence-electron chi connectivity index (χ1n) is 4.71. The lowest BCUT2D eigenvalue weighted by Crippen LogP contribution is -2.22. The van der Waals surface area contributed by atoms with Gasteiger partial charge in [0.1, 0.15) is 5.75 Å². The summed E-state index contributed by atoms with van der Waals surface area (Å²) in [6.45, 7) is 1.83. The van der Waals surface area contributed by atoms with E-state index >= 15 is 0 Å². The molecule has 7 heteroatoms. The lowest BCUT2D eigenvalue weighted by Gasteiger charge is -2.11. The maximum absolute atomic E-state index is 11.4. The number of hydrogen-bond acceptors (Lipinski definition) is 4. The highest BCUT2D eigenvalue weighted by Crippen LogP contribution is 2.26. The van der Waals surface area contributed by atoms with Crippen LogP contribution in [-0.4, -0.2) is 32.4 Å². The molecule has 17 heavy (non-hydrogen) atoms. The van der Waals surface area contributed by atoms with Gasteiger partial charge in [-0.05, 0) is 24.6 Å². The first-order chi connectivity index (χ1) is 7.84. The van der Waals surface area contributed by atoms with Crippen molar-refractivity contribution in [2.45, 2.75) is 6.92 Å². The zero-order chi connectivity index (χ0) is 13.1. The number of nitrogens with one attached hydrogen (secondary N) is 1. The number of aliphatic carboxylic acids is 1. The minimum atomic E-state index is -3.91. The van der Waals surface area contributed by atoms with Crippen molar-refractivity contribution in [3.05, 3.63) is 23.8 Å². The Bertz CT molecular complexity index is 523. The minimum absolute atomic E-state index is 0.222.